The number of rotatable bonds is 4. The molecule has 0 bridgehead atoms. The third-order valence-electron chi connectivity index (χ3n) is 2.09. The summed E-state index contributed by atoms with van der Waals surface area (Å²) >= 11 is 3.22. The van der Waals surface area contributed by atoms with Crippen molar-refractivity contribution in [3.05, 3.63) is 28.2 Å². The average Bonchev–Trinajstić information content (AvgIpc) is 2.28. The van der Waals surface area contributed by atoms with Crippen molar-refractivity contribution in [3.8, 4) is 0 Å². The molecule has 0 radical (unpaired) electrons. The second kappa shape index (κ2) is 5.79. The van der Waals surface area contributed by atoms with E-state index in [1.54, 1.807) is 14.1 Å². The van der Waals surface area contributed by atoms with Crippen molar-refractivity contribution in [3.63, 3.8) is 0 Å². The number of hydrogen-bond acceptors (Lipinski definition) is 4. The van der Waals surface area contributed by atoms with E-state index in [0.29, 0.717) is 4.47 Å². The van der Waals surface area contributed by atoms with E-state index >= 15 is 0 Å². The smallest absolute Gasteiger partial charge is 0.266 e. The molecule has 0 aromatic heterocycles. The Morgan fingerprint density at radius 1 is 1.33 bits per heavy atom. The summed E-state index contributed by atoms with van der Waals surface area (Å²) < 4.78 is 26.0. The van der Waals surface area contributed by atoms with Crippen LogP contribution >= 0.6 is 15.9 Å². The summed E-state index contributed by atoms with van der Waals surface area (Å²) in [5, 5.41) is 1.48. The van der Waals surface area contributed by atoms with E-state index in [1.807, 2.05) is 0 Å². The lowest BCUT2D eigenvalue weighted by Gasteiger charge is -2.13. The quantitative estimate of drug-likeness (QED) is 0.788. The average molecular weight is 336 g/mol. The molecule has 0 aliphatic rings. The molecule has 2 N–H and O–H groups in total. The van der Waals surface area contributed by atoms with Crippen molar-refractivity contribution >= 4 is 31.9 Å². The zero-order chi connectivity index (χ0) is 13.9. The zero-order valence-corrected chi connectivity index (χ0v) is 12.6. The first-order valence-corrected chi connectivity index (χ1v) is 7.27. The Hall–Kier alpha value is -0.960. The van der Waals surface area contributed by atoms with Gasteiger partial charge in [-0.3, -0.25) is 10.2 Å². The molecular weight excluding hydrogens is 322 g/mol. The molecule has 0 spiro atoms. The van der Waals surface area contributed by atoms with Crippen molar-refractivity contribution in [2.45, 2.75) is 4.90 Å². The van der Waals surface area contributed by atoms with Gasteiger partial charge >= 0.3 is 0 Å². The molecule has 1 amide bonds. The fraction of sp³-hybridized carbons (Fsp3) is 0.300. The molecule has 0 aliphatic carbocycles. The third kappa shape index (κ3) is 3.52. The number of halogens is 1. The maximum atomic E-state index is 11.8. The number of carbonyl (C=O) groups excluding carboxylic acids is 1. The minimum absolute atomic E-state index is 0.0390. The lowest BCUT2D eigenvalue weighted by Crippen LogP contribution is -2.36. The molecule has 0 fully saturated rings. The predicted octanol–water partition coefficient (Wildman–Crippen LogP) is 0.564. The standard InChI is InChI=1S/C10H14BrN3O3S/c1-12-18(16,17)7-4-5-9(11)8(6-7)10(15)13-14(2)3/h4-6,12H,1-3H3,(H,13,15). The molecule has 1 aromatic carbocycles. The maximum absolute atomic E-state index is 11.8. The van der Waals surface area contributed by atoms with Gasteiger partial charge in [0, 0.05) is 18.6 Å². The van der Waals surface area contributed by atoms with Gasteiger partial charge < -0.3 is 0 Å². The first-order chi connectivity index (χ1) is 8.27. The summed E-state index contributed by atoms with van der Waals surface area (Å²) in [6.45, 7) is 0. The molecule has 8 heteroatoms. The number of benzene rings is 1. The highest BCUT2D eigenvalue weighted by atomic mass is 79.9. The first-order valence-electron chi connectivity index (χ1n) is 4.99. The highest BCUT2D eigenvalue weighted by molar-refractivity contribution is 9.10. The minimum atomic E-state index is -3.56. The molecule has 0 unspecified atom stereocenters. The Labute approximate surface area is 115 Å². The van der Waals surface area contributed by atoms with E-state index < -0.39 is 10.0 Å². The van der Waals surface area contributed by atoms with Gasteiger partial charge in [0.05, 0.1) is 10.5 Å². The fourth-order valence-corrected chi connectivity index (χ4v) is 2.41. The Bertz CT molecular complexity index is 557. The van der Waals surface area contributed by atoms with Crippen molar-refractivity contribution in [2.75, 3.05) is 21.1 Å². The Morgan fingerprint density at radius 2 is 1.94 bits per heavy atom. The van der Waals surface area contributed by atoms with Gasteiger partial charge in [0.15, 0.2) is 0 Å². The molecule has 0 aliphatic heterocycles. The van der Waals surface area contributed by atoms with Gasteiger partial charge in [-0.05, 0) is 41.2 Å². The van der Waals surface area contributed by atoms with Crippen molar-refractivity contribution < 1.29 is 13.2 Å². The summed E-state index contributed by atoms with van der Waals surface area (Å²) in [5.74, 6) is -0.389. The van der Waals surface area contributed by atoms with Gasteiger partial charge in [-0.25, -0.2) is 18.1 Å². The monoisotopic (exact) mass is 335 g/mol. The summed E-state index contributed by atoms with van der Waals surface area (Å²) in [5.41, 5.74) is 2.80. The lowest BCUT2D eigenvalue weighted by molar-refractivity contribution is 0.0856. The zero-order valence-electron chi connectivity index (χ0n) is 10.2. The summed E-state index contributed by atoms with van der Waals surface area (Å²) in [6, 6.07) is 4.26. The number of nitrogens with one attached hydrogen (secondary N) is 2. The third-order valence-corrected chi connectivity index (χ3v) is 4.19. The number of carbonyl (C=O) groups is 1. The summed E-state index contributed by atoms with van der Waals surface area (Å²) in [7, 11) is 1.09. The van der Waals surface area contributed by atoms with Crippen LogP contribution in [0, 0.1) is 0 Å². The molecule has 1 rings (SSSR count). The van der Waals surface area contributed by atoms with E-state index in [4.69, 9.17) is 0 Å². The molecule has 18 heavy (non-hydrogen) atoms. The van der Waals surface area contributed by atoms with Crippen LogP contribution in [0.2, 0.25) is 0 Å². The van der Waals surface area contributed by atoms with Crippen LogP contribution in [0.15, 0.2) is 27.6 Å². The van der Waals surface area contributed by atoms with Crippen molar-refractivity contribution in [1.29, 1.82) is 0 Å². The van der Waals surface area contributed by atoms with Crippen LogP contribution in [0.1, 0.15) is 10.4 Å². The van der Waals surface area contributed by atoms with E-state index in [-0.39, 0.29) is 16.4 Å². The summed E-state index contributed by atoms with van der Waals surface area (Å²) in [6.07, 6.45) is 0. The number of nitrogens with zero attached hydrogens (tertiary/aromatic N) is 1. The predicted molar refractivity (Wildman–Crippen MR) is 71.5 cm³/mol. The second-order valence-electron chi connectivity index (χ2n) is 3.68. The normalized spacial score (nSPS) is 11.6. The van der Waals surface area contributed by atoms with E-state index in [9.17, 15) is 13.2 Å². The van der Waals surface area contributed by atoms with Crippen LogP contribution in [0.5, 0.6) is 0 Å². The van der Waals surface area contributed by atoms with Crippen molar-refractivity contribution in [1.82, 2.24) is 15.2 Å². The Morgan fingerprint density at radius 3 is 2.44 bits per heavy atom. The molecule has 0 heterocycles. The Balaban J connectivity index is 3.21. The largest absolute Gasteiger partial charge is 0.285 e. The summed E-state index contributed by atoms with van der Waals surface area (Å²) in [4.78, 5) is 11.9. The molecule has 100 valence electrons. The van der Waals surface area contributed by atoms with Gasteiger partial charge in [-0.15, -0.1) is 0 Å². The molecule has 1 aromatic rings. The van der Waals surface area contributed by atoms with E-state index in [0.717, 1.165) is 0 Å². The van der Waals surface area contributed by atoms with Crippen LogP contribution in [-0.2, 0) is 10.0 Å². The second-order valence-corrected chi connectivity index (χ2v) is 6.43. The molecule has 0 atom stereocenters. The van der Waals surface area contributed by atoms with Crippen LogP contribution in [0.3, 0.4) is 0 Å². The molecule has 6 nitrogen and oxygen atoms in total. The molecule has 0 saturated heterocycles. The van der Waals surface area contributed by atoms with Crippen LogP contribution < -0.4 is 10.1 Å². The fourth-order valence-electron chi connectivity index (χ4n) is 1.23. The number of hydrazine groups is 1. The number of amides is 1. The van der Waals surface area contributed by atoms with Gasteiger partial charge in [0.2, 0.25) is 10.0 Å². The Kier molecular flexibility index (Phi) is 4.85. The van der Waals surface area contributed by atoms with Gasteiger partial charge in [0.25, 0.3) is 5.91 Å². The number of sulfonamides is 1. The molecule has 0 saturated carbocycles. The topological polar surface area (TPSA) is 78.5 Å². The van der Waals surface area contributed by atoms with Crippen LogP contribution in [0.4, 0.5) is 0 Å². The van der Waals surface area contributed by atoms with Crippen LogP contribution in [-0.4, -0.2) is 40.5 Å². The van der Waals surface area contributed by atoms with E-state index in [2.05, 4.69) is 26.1 Å². The van der Waals surface area contributed by atoms with Gasteiger partial charge in [-0.2, -0.15) is 0 Å². The van der Waals surface area contributed by atoms with E-state index in [1.165, 1.54) is 30.3 Å². The van der Waals surface area contributed by atoms with Gasteiger partial charge in [0.1, 0.15) is 0 Å². The van der Waals surface area contributed by atoms with Crippen molar-refractivity contribution in [2.24, 2.45) is 0 Å². The molecular formula is C10H14BrN3O3S. The highest BCUT2D eigenvalue weighted by Crippen LogP contribution is 2.20. The first kappa shape index (κ1) is 15.1. The minimum Gasteiger partial charge on any atom is -0.285 e. The maximum Gasteiger partial charge on any atom is 0.266 e. The highest BCUT2D eigenvalue weighted by Gasteiger charge is 2.17. The van der Waals surface area contributed by atoms with Crippen LogP contribution in [0.25, 0.3) is 0 Å². The lowest BCUT2D eigenvalue weighted by atomic mass is 10.2. The number of hydrogen-bond donors (Lipinski definition) is 2. The van der Waals surface area contributed by atoms with Gasteiger partial charge in [-0.1, -0.05) is 0 Å². The SMILES string of the molecule is CNS(=O)(=O)c1ccc(Br)c(C(=O)NN(C)C)c1.